The van der Waals surface area contributed by atoms with Gasteiger partial charge in [0, 0.05) is 17.8 Å². The van der Waals surface area contributed by atoms with Crippen LogP contribution in [0.25, 0.3) is 0 Å². The largest absolute Gasteiger partial charge is 0.463 e. The summed E-state index contributed by atoms with van der Waals surface area (Å²) in [5, 5.41) is 0. The molecule has 0 aliphatic heterocycles. The highest BCUT2D eigenvalue weighted by Crippen LogP contribution is 2.27. The maximum Gasteiger partial charge on any atom is 0.376 e. The second-order valence-corrected chi connectivity index (χ2v) is 3.95. The molecule has 6 nitrogen and oxygen atoms in total. The van der Waals surface area contributed by atoms with Crippen molar-refractivity contribution in [3.63, 3.8) is 0 Å². The topological polar surface area (TPSA) is 87.3 Å². The lowest BCUT2D eigenvalue weighted by atomic mass is 10.3. The van der Waals surface area contributed by atoms with Gasteiger partial charge in [0.05, 0.1) is 12.8 Å². The summed E-state index contributed by atoms with van der Waals surface area (Å²) >= 11 is 0. The van der Waals surface area contributed by atoms with Crippen LogP contribution in [0.1, 0.15) is 16.3 Å². The first-order chi connectivity index (χ1) is 9.49. The Morgan fingerprint density at radius 2 is 2.05 bits per heavy atom. The summed E-state index contributed by atoms with van der Waals surface area (Å²) in [5.74, 6) is -1.13. The molecule has 0 bridgehead atoms. The van der Waals surface area contributed by atoms with Gasteiger partial charge in [0.2, 0.25) is 11.7 Å². The highest BCUT2D eigenvalue weighted by Gasteiger charge is 2.13. The van der Waals surface area contributed by atoms with Gasteiger partial charge in [-0.1, -0.05) is 0 Å². The molecule has 0 spiro atoms. The Morgan fingerprint density at radius 1 is 1.30 bits per heavy atom. The fourth-order valence-corrected chi connectivity index (χ4v) is 1.48. The minimum atomic E-state index is -0.689. The molecule has 104 valence electrons. The van der Waals surface area contributed by atoms with Crippen LogP contribution >= 0.6 is 0 Å². The summed E-state index contributed by atoms with van der Waals surface area (Å²) in [6.45, 7) is 1.66. The van der Waals surface area contributed by atoms with Crippen molar-refractivity contribution >= 4 is 11.7 Å². The van der Waals surface area contributed by atoms with Gasteiger partial charge in [-0.25, -0.2) is 14.2 Å². The number of hydrogen-bond donors (Lipinski definition) is 1. The highest BCUT2D eigenvalue weighted by atomic mass is 19.1. The first-order valence-corrected chi connectivity index (χ1v) is 5.66. The SMILES string of the molecule is COC(=O)c1nc(C)cc(Oc2cc(F)ccc2N)n1. The summed E-state index contributed by atoms with van der Waals surface area (Å²) in [6, 6.07) is 5.22. The van der Waals surface area contributed by atoms with Crippen molar-refractivity contribution in [1.82, 2.24) is 9.97 Å². The Kier molecular flexibility index (Phi) is 3.79. The number of ether oxygens (including phenoxy) is 2. The van der Waals surface area contributed by atoms with E-state index in [1.165, 1.54) is 25.3 Å². The van der Waals surface area contributed by atoms with Gasteiger partial charge < -0.3 is 15.2 Å². The lowest BCUT2D eigenvalue weighted by molar-refractivity contribution is 0.0585. The Labute approximate surface area is 114 Å². The van der Waals surface area contributed by atoms with Gasteiger partial charge in [-0.05, 0) is 19.1 Å². The zero-order valence-corrected chi connectivity index (χ0v) is 10.9. The molecule has 0 saturated heterocycles. The van der Waals surface area contributed by atoms with Crippen molar-refractivity contribution in [1.29, 1.82) is 0 Å². The molecule has 0 atom stereocenters. The predicted octanol–water partition coefficient (Wildman–Crippen LogP) is 2.09. The van der Waals surface area contributed by atoms with Crippen LogP contribution in [0.4, 0.5) is 10.1 Å². The molecule has 0 aliphatic rings. The molecule has 2 N–H and O–H groups in total. The van der Waals surface area contributed by atoms with Crippen LogP contribution in [0.15, 0.2) is 24.3 Å². The van der Waals surface area contributed by atoms with Crippen molar-refractivity contribution in [3.8, 4) is 11.6 Å². The Bertz CT molecular complexity index is 661. The third-order valence-electron chi connectivity index (χ3n) is 2.39. The molecule has 0 radical (unpaired) electrons. The molecular formula is C13H12FN3O3. The second-order valence-electron chi connectivity index (χ2n) is 3.95. The minimum Gasteiger partial charge on any atom is -0.463 e. The summed E-state index contributed by atoms with van der Waals surface area (Å²) in [6.07, 6.45) is 0. The molecule has 7 heteroatoms. The van der Waals surface area contributed by atoms with Crippen molar-refractivity contribution in [2.75, 3.05) is 12.8 Å². The van der Waals surface area contributed by atoms with Gasteiger partial charge >= 0.3 is 5.97 Å². The summed E-state index contributed by atoms with van der Waals surface area (Å²) in [5.41, 5.74) is 6.43. The van der Waals surface area contributed by atoms with Crippen LogP contribution in [0.2, 0.25) is 0 Å². The molecule has 0 unspecified atom stereocenters. The van der Waals surface area contributed by atoms with Crippen LogP contribution < -0.4 is 10.5 Å². The van der Waals surface area contributed by atoms with Crippen molar-refractivity contribution in [3.05, 3.63) is 41.6 Å². The number of aromatic nitrogens is 2. The Balaban J connectivity index is 2.36. The van der Waals surface area contributed by atoms with Crippen LogP contribution in [0.5, 0.6) is 11.6 Å². The van der Waals surface area contributed by atoms with Crippen molar-refractivity contribution < 1.29 is 18.7 Å². The van der Waals surface area contributed by atoms with E-state index in [-0.39, 0.29) is 23.1 Å². The maximum atomic E-state index is 13.1. The van der Waals surface area contributed by atoms with Gasteiger partial charge in [0.25, 0.3) is 0 Å². The number of nitrogens with two attached hydrogens (primary N) is 1. The van der Waals surface area contributed by atoms with E-state index >= 15 is 0 Å². The van der Waals surface area contributed by atoms with Crippen molar-refractivity contribution in [2.24, 2.45) is 0 Å². The van der Waals surface area contributed by atoms with E-state index < -0.39 is 11.8 Å². The average Bonchev–Trinajstić information content (AvgIpc) is 2.41. The molecule has 1 heterocycles. The first-order valence-electron chi connectivity index (χ1n) is 5.66. The quantitative estimate of drug-likeness (QED) is 0.682. The van der Waals surface area contributed by atoms with E-state index in [1.54, 1.807) is 6.92 Å². The van der Waals surface area contributed by atoms with Gasteiger partial charge in [0.15, 0.2) is 5.75 Å². The Hall–Kier alpha value is -2.70. The van der Waals surface area contributed by atoms with E-state index in [0.29, 0.717) is 5.69 Å². The fourth-order valence-electron chi connectivity index (χ4n) is 1.48. The zero-order chi connectivity index (χ0) is 14.7. The summed E-state index contributed by atoms with van der Waals surface area (Å²) < 4.78 is 23.1. The maximum absolute atomic E-state index is 13.1. The first kappa shape index (κ1) is 13.7. The number of methoxy groups -OCH3 is 1. The minimum absolute atomic E-state index is 0.0789. The smallest absolute Gasteiger partial charge is 0.376 e. The van der Waals surface area contributed by atoms with Gasteiger partial charge in [-0.15, -0.1) is 0 Å². The number of hydrogen-bond acceptors (Lipinski definition) is 6. The molecule has 1 aromatic carbocycles. The van der Waals surface area contributed by atoms with Crippen LogP contribution in [0.3, 0.4) is 0 Å². The van der Waals surface area contributed by atoms with E-state index in [1.807, 2.05) is 0 Å². The van der Waals surface area contributed by atoms with Gasteiger partial charge in [-0.3, -0.25) is 0 Å². The third-order valence-corrected chi connectivity index (χ3v) is 2.39. The zero-order valence-electron chi connectivity index (χ0n) is 10.9. The number of benzene rings is 1. The van der Waals surface area contributed by atoms with E-state index in [9.17, 15) is 9.18 Å². The standard InChI is InChI=1S/C13H12FN3O3/c1-7-5-11(17-12(16-7)13(18)19-2)20-10-6-8(14)3-4-9(10)15/h3-6H,15H2,1-2H3. The number of esters is 1. The average molecular weight is 277 g/mol. The van der Waals surface area contributed by atoms with Gasteiger partial charge in [-0.2, -0.15) is 4.98 Å². The lowest BCUT2D eigenvalue weighted by Crippen LogP contribution is -2.09. The lowest BCUT2D eigenvalue weighted by Gasteiger charge is -2.09. The molecule has 0 fully saturated rings. The number of carbonyl (C=O) groups excluding carboxylic acids is 1. The normalized spacial score (nSPS) is 10.2. The molecular weight excluding hydrogens is 265 g/mol. The monoisotopic (exact) mass is 277 g/mol. The van der Waals surface area contributed by atoms with E-state index in [4.69, 9.17) is 10.5 Å². The molecule has 1 aromatic heterocycles. The molecule has 0 amide bonds. The third kappa shape index (κ3) is 3.00. The van der Waals surface area contributed by atoms with E-state index in [2.05, 4.69) is 14.7 Å². The number of rotatable bonds is 3. The van der Waals surface area contributed by atoms with E-state index in [0.717, 1.165) is 6.07 Å². The number of carbonyl (C=O) groups is 1. The van der Waals surface area contributed by atoms with Gasteiger partial charge in [0.1, 0.15) is 5.82 Å². The van der Waals surface area contributed by atoms with Crippen LogP contribution in [-0.2, 0) is 4.74 Å². The second kappa shape index (κ2) is 5.52. The predicted molar refractivity (Wildman–Crippen MR) is 69.0 cm³/mol. The highest BCUT2D eigenvalue weighted by molar-refractivity contribution is 5.85. The number of aryl methyl sites for hydroxylation is 1. The summed E-state index contributed by atoms with van der Waals surface area (Å²) in [7, 11) is 1.22. The van der Waals surface area contributed by atoms with Crippen LogP contribution in [-0.4, -0.2) is 23.0 Å². The fraction of sp³-hybridized carbons (Fsp3) is 0.154. The molecule has 2 aromatic rings. The number of anilines is 1. The molecule has 20 heavy (non-hydrogen) atoms. The van der Waals surface area contributed by atoms with Crippen molar-refractivity contribution in [2.45, 2.75) is 6.92 Å². The molecule has 0 saturated carbocycles. The summed E-state index contributed by atoms with van der Waals surface area (Å²) in [4.78, 5) is 19.2. The number of nitrogen functional groups attached to an aromatic ring is 1. The molecule has 0 aliphatic carbocycles. The molecule has 2 rings (SSSR count). The number of halogens is 1. The number of nitrogens with zero attached hydrogens (tertiary/aromatic N) is 2. The van der Waals surface area contributed by atoms with Crippen LogP contribution in [0, 0.1) is 12.7 Å². The Morgan fingerprint density at radius 3 is 2.75 bits per heavy atom.